The first kappa shape index (κ1) is 17.4. The van der Waals surface area contributed by atoms with Crippen molar-refractivity contribution in [3.63, 3.8) is 0 Å². The second kappa shape index (κ2) is 6.17. The Kier molecular flexibility index (Phi) is 3.98. The molecule has 4 bridgehead atoms. The van der Waals surface area contributed by atoms with Crippen LogP contribution in [0.3, 0.4) is 0 Å². The summed E-state index contributed by atoms with van der Waals surface area (Å²) < 4.78 is 5.39. The molecule has 0 amide bonds. The molecule has 2 aromatic heterocycles. The van der Waals surface area contributed by atoms with Gasteiger partial charge in [-0.15, -0.1) is 0 Å². The third-order valence-corrected chi connectivity index (χ3v) is 7.80. The number of aromatic nitrogens is 3. The van der Waals surface area contributed by atoms with Crippen molar-refractivity contribution >= 4 is 38.8 Å². The Bertz CT molecular complexity index is 884. The summed E-state index contributed by atoms with van der Waals surface area (Å²) in [6.45, 7) is 0.471. The molecule has 4 saturated carbocycles. The van der Waals surface area contributed by atoms with Crippen molar-refractivity contribution in [2.24, 2.45) is 23.7 Å². The normalized spacial score (nSPS) is 34.2. The number of anilines is 1. The highest BCUT2D eigenvalue weighted by Crippen LogP contribution is 2.58. The molecule has 4 aliphatic rings. The van der Waals surface area contributed by atoms with Gasteiger partial charge in [0.1, 0.15) is 23.5 Å². The second-order valence-corrected chi connectivity index (χ2v) is 9.19. The van der Waals surface area contributed by atoms with Crippen molar-refractivity contribution in [1.82, 2.24) is 15.0 Å². The van der Waals surface area contributed by atoms with Crippen LogP contribution in [0.5, 0.6) is 0 Å². The maximum atomic E-state index is 11.9. The number of ether oxygens (including phenoxy) is 1. The molecule has 0 atom stereocenters. The number of hydrogen-bond acceptors (Lipinski definition) is 6. The molecular weight excluding hydrogens is 412 g/mol. The van der Waals surface area contributed by atoms with Gasteiger partial charge in [0.2, 0.25) is 0 Å². The van der Waals surface area contributed by atoms with E-state index in [1.165, 1.54) is 19.9 Å². The van der Waals surface area contributed by atoms with E-state index in [1.807, 2.05) is 0 Å². The summed E-state index contributed by atoms with van der Waals surface area (Å²) in [6, 6.07) is 0. The van der Waals surface area contributed by atoms with Crippen LogP contribution in [0.4, 0.5) is 5.82 Å². The Morgan fingerprint density at radius 2 is 1.96 bits per heavy atom. The number of aromatic amines is 1. The van der Waals surface area contributed by atoms with Crippen molar-refractivity contribution in [1.29, 1.82) is 0 Å². The van der Waals surface area contributed by atoms with Crippen LogP contribution >= 0.6 is 15.9 Å². The molecule has 2 aromatic rings. The summed E-state index contributed by atoms with van der Waals surface area (Å²) >= 11 is 3.47. The van der Waals surface area contributed by atoms with Gasteiger partial charge in [-0.05, 0) is 71.7 Å². The van der Waals surface area contributed by atoms with Crippen molar-refractivity contribution in [2.75, 3.05) is 19.0 Å². The summed E-state index contributed by atoms with van der Waals surface area (Å²) in [7, 11) is 1.34. The molecule has 144 valence electrons. The van der Waals surface area contributed by atoms with E-state index in [1.54, 1.807) is 0 Å². The molecule has 8 heteroatoms. The molecule has 4 fully saturated rings. The summed E-state index contributed by atoms with van der Waals surface area (Å²) in [4.78, 5) is 23.5. The molecule has 0 aromatic carbocycles. The molecule has 0 unspecified atom stereocenters. The molecule has 2 heterocycles. The van der Waals surface area contributed by atoms with Gasteiger partial charge in [0.05, 0.1) is 22.6 Å². The summed E-state index contributed by atoms with van der Waals surface area (Å²) in [6.07, 6.45) is 7.38. The molecule has 0 spiro atoms. The minimum absolute atomic E-state index is 0.310. The van der Waals surface area contributed by atoms with Gasteiger partial charge in [0.15, 0.2) is 0 Å². The van der Waals surface area contributed by atoms with Crippen molar-refractivity contribution in [3.8, 4) is 0 Å². The standard InChI is InChI=1S/C19H23BrN4O3/c1-27-18(25)15-14(20)13-16(22-8-23-17(13)24-15)21-7-19(26)11-3-9-2-10(5-11)6-12(19)4-9/h8-12,26H,2-7H2,1H3,(H2,21,22,23,24). The molecule has 3 N–H and O–H groups in total. The lowest BCUT2D eigenvalue weighted by molar-refractivity contribution is -0.164. The first-order valence-corrected chi connectivity index (χ1v) is 10.4. The lowest BCUT2D eigenvalue weighted by atomic mass is 9.50. The van der Waals surface area contributed by atoms with Gasteiger partial charge in [-0.25, -0.2) is 14.8 Å². The fourth-order valence-electron chi connectivity index (χ4n) is 5.88. The highest BCUT2D eigenvalue weighted by molar-refractivity contribution is 9.10. The van der Waals surface area contributed by atoms with Crippen LogP contribution in [0.25, 0.3) is 11.0 Å². The van der Waals surface area contributed by atoms with Crippen LogP contribution in [0.2, 0.25) is 0 Å². The lowest BCUT2D eigenvalue weighted by Gasteiger charge is -2.59. The number of methoxy groups -OCH3 is 1. The Hall–Kier alpha value is -1.67. The minimum atomic E-state index is -0.682. The van der Waals surface area contributed by atoms with Crippen LogP contribution in [-0.4, -0.2) is 45.3 Å². The van der Waals surface area contributed by atoms with Gasteiger partial charge < -0.3 is 20.1 Å². The van der Waals surface area contributed by atoms with Crippen LogP contribution < -0.4 is 5.32 Å². The number of H-pyrrole nitrogens is 1. The van der Waals surface area contributed by atoms with Gasteiger partial charge in [0.25, 0.3) is 0 Å². The molecule has 7 nitrogen and oxygen atoms in total. The average Bonchev–Trinajstić information content (AvgIpc) is 3.01. The predicted octanol–water partition coefficient (Wildman–Crippen LogP) is 3.11. The number of hydrogen-bond donors (Lipinski definition) is 3. The molecule has 0 saturated heterocycles. The van der Waals surface area contributed by atoms with Crippen molar-refractivity contribution < 1.29 is 14.6 Å². The van der Waals surface area contributed by atoms with Gasteiger partial charge in [-0.2, -0.15) is 0 Å². The molecule has 0 radical (unpaired) electrons. The minimum Gasteiger partial charge on any atom is -0.464 e. The quantitative estimate of drug-likeness (QED) is 0.639. The SMILES string of the molecule is COC(=O)c1[nH]c2ncnc(NCC3(O)C4CC5CC(C4)CC3C5)c2c1Br. The topological polar surface area (TPSA) is 100 Å². The van der Waals surface area contributed by atoms with Crippen LogP contribution in [0.1, 0.15) is 42.6 Å². The Labute approximate surface area is 165 Å². The molecule has 6 rings (SSSR count). The first-order valence-electron chi connectivity index (χ1n) is 9.56. The second-order valence-electron chi connectivity index (χ2n) is 8.40. The number of nitrogens with one attached hydrogen (secondary N) is 2. The first-order chi connectivity index (χ1) is 13.0. The fraction of sp³-hybridized carbons (Fsp3) is 0.632. The summed E-state index contributed by atoms with van der Waals surface area (Å²) in [5.74, 6) is 2.50. The van der Waals surface area contributed by atoms with Gasteiger partial charge in [-0.3, -0.25) is 0 Å². The number of carbonyl (C=O) groups excluding carboxylic acids is 1. The van der Waals surface area contributed by atoms with E-state index >= 15 is 0 Å². The number of esters is 1. The van der Waals surface area contributed by atoms with E-state index in [-0.39, 0.29) is 0 Å². The molecule has 27 heavy (non-hydrogen) atoms. The zero-order chi connectivity index (χ0) is 18.8. The van der Waals surface area contributed by atoms with Crippen LogP contribution in [0.15, 0.2) is 10.8 Å². The zero-order valence-electron chi connectivity index (χ0n) is 15.2. The Balaban J connectivity index is 1.44. The fourth-order valence-corrected chi connectivity index (χ4v) is 6.51. The van der Waals surface area contributed by atoms with Crippen LogP contribution in [-0.2, 0) is 4.74 Å². The largest absolute Gasteiger partial charge is 0.464 e. The maximum Gasteiger partial charge on any atom is 0.355 e. The van der Waals surface area contributed by atoms with Gasteiger partial charge in [-0.1, -0.05) is 0 Å². The third-order valence-electron chi connectivity index (χ3n) is 7.01. The lowest BCUT2D eigenvalue weighted by Crippen LogP contribution is -2.60. The highest BCUT2D eigenvalue weighted by Gasteiger charge is 2.56. The monoisotopic (exact) mass is 434 g/mol. The number of fused-ring (bicyclic) bond motifs is 1. The van der Waals surface area contributed by atoms with Gasteiger partial charge in [0, 0.05) is 6.54 Å². The maximum absolute atomic E-state index is 11.9. The molecular formula is C19H23BrN4O3. The number of rotatable bonds is 4. The molecule has 0 aliphatic heterocycles. The molecule has 4 aliphatic carbocycles. The van der Waals surface area contributed by atoms with E-state index in [0.717, 1.165) is 37.5 Å². The van der Waals surface area contributed by atoms with E-state index < -0.39 is 11.6 Å². The highest BCUT2D eigenvalue weighted by atomic mass is 79.9. The summed E-state index contributed by atoms with van der Waals surface area (Å²) in [5, 5.41) is 15.6. The van der Waals surface area contributed by atoms with Crippen LogP contribution in [0, 0.1) is 23.7 Å². The predicted molar refractivity (Wildman–Crippen MR) is 103 cm³/mol. The number of aliphatic hydroxyl groups is 1. The number of carbonyl (C=O) groups is 1. The van der Waals surface area contributed by atoms with E-state index in [2.05, 4.69) is 36.2 Å². The van der Waals surface area contributed by atoms with E-state index in [4.69, 9.17) is 4.74 Å². The van der Waals surface area contributed by atoms with E-state index in [0.29, 0.717) is 45.4 Å². The average molecular weight is 435 g/mol. The Morgan fingerprint density at radius 1 is 1.30 bits per heavy atom. The number of halogens is 1. The van der Waals surface area contributed by atoms with Gasteiger partial charge >= 0.3 is 5.97 Å². The third kappa shape index (κ3) is 2.60. The Morgan fingerprint density at radius 3 is 2.59 bits per heavy atom. The summed E-state index contributed by atoms with van der Waals surface area (Å²) in [5.41, 5.74) is 0.180. The smallest absolute Gasteiger partial charge is 0.355 e. The van der Waals surface area contributed by atoms with E-state index in [9.17, 15) is 9.90 Å². The zero-order valence-corrected chi connectivity index (χ0v) is 16.8. The van der Waals surface area contributed by atoms with Crippen molar-refractivity contribution in [2.45, 2.75) is 37.7 Å². The van der Waals surface area contributed by atoms with Crippen molar-refractivity contribution in [3.05, 3.63) is 16.5 Å². The number of nitrogens with zero attached hydrogens (tertiary/aromatic N) is 2.